The van der Waals surface area contributed by atoms with Crippen molar-refractivity contribution in [2.24, 2.45) is 0 Å². The normalized spacial score (nSPS) is 24.0. The van der Waals surface area contributed by atoms with Gasteiger partial charge in [0, 0.05) is 6.42 Å². The molecule has 2 nitrogen and oxygen atoms in total. The minimum atomic E-state index is -0.354. The predicted octanol–water partition coefficient (Wildman–Crippen LogP) is 5.47. The standard InChI is InChI=1S/C23H28O2/c1-3-22(17-7-5-4-6-8-17)23(18-9-13-20(24)14-10-18)19-11-15-21(25-2)16-12-19/h4-5,7,9-11,13,15,20,24H,3,6,8,12,14,16H2,1-2H3/b23-22-. The average molecular weight is 336 g/mol. The molecule has 132 valence electrons. The number of rotatable bonds is 5. The van der Waals surface area contributed by atoms with E-state index in [-0.39, 0.29) is 6.10 Å². The molecule has 0 radical (unpaired) electrons. The van der Waals surface area contributed by atoms with Crippen molar-refractivity contribution >= 4 is 0 Å². The summed E-state index contributed by atoms with van der Waals surface area (Å²) in [6.45, 7) is 2.25. The largest absolute Gasteiger partial charge is 0.501 e. The Morgan fingerprint density at radius 3 is 2.60 bits per heavy atom. The van der Waals surface area contributed by atoms with E-state index in [4.69, 9.17) is 4.74 Å². The van der Waals surface area contributed by atoms with Crippen LogP contribution >= 0.6 is 0 Å². The highest BCUT2D eigenvalue weighted by molar-refractivity contribution is 5.61. The molecule has 0 aromatic heterocycles. The molecule has 25 heavy (non-hydrogen) atoms. The fourth-order valence-electron chi connectivity index (χ4n) is 3.76. The third kappa shape index (κ3) is 4.13. The molecule has 0 amide bonds. The summed E-state index contributed by atoms with van der Waals surface area (Å²) in [5, 5.41) is 9.82. The van der Waals surface area contributed by atoms with E-state index < -0.39 is 0 Å². The van der Waals surface area contributed by atoms with Gasteiger partial charge in [-0.15, -0.1) is 0 Å². The van der Waals surface area contributed by atoms with Gasteiger partial charge < -0.3 is 9.84 Å². The zero-order valence-electron chi connectivity index (χ0n) is 15.3. The molecule has 0 aliphatic heterocycles. The van der Waals surface area contributed by atoms with Crippen LogP contribution in [0.2, 0.25) is 0 Å². The maximum atomic E-state index is 9.82. The van der Waals surface area contributed by atoms with Crippen molar-refractivity contribution in [3.8, 4) is 0 Å². The number of methoxy groups -OCH3 is 1. The van der Waals surface area contributed by atoms with Crippen molar-refractivity contribution in [2.45, 2.75) is 51.6 Å². The SMILES string of the molecule is CC/C(C1=CC=CCC1)=C(\C1=CCC(O)C=C1)C1=CC=C(OC)CC1. The highest BCUT2D eigenvalue weighted by Gasteiger charge is 2.20. The first-order valence-corrected chi connectivity index (χ1v) is 9.33. The van der Waals surface area contributed by atoms with Crippen LogP contribution in [0.5, 0.6) is 0 Å². The van der Waals surface area contributed by atoms with Crippen LogP contribution in [0.4, 0.5) is 0 Å². The number of ether oxygens (including phenoxy) is 1. The number of aliphatic hydroxyl groups excluding tert-OH is 1. The third-order valence-corrected chi connectivity index (χ3v) is 5.12. The first-order chi connectivity index (χ1) is 12.2. The first kappa shape index (κ1) is 17.8. The minimum absolute atomic E-state index is 0.354. The molecule has 3 aliphatic rings. The molecule has 0 aromatic rings. The van der Waals surface area contributed by atoms with Crippen molar-refractivity contribution in [1.82, 2.24) is 0 Å². The molecule has 3 rings (SSSR count). The zero-order valence-corrected chi connectivity index (χ0v) is 15.3. The van der Waals surface area contributed by atoms with Crippen molar-refractivity contribution in [3.05, 3.63) is 82.2 Å². The summed E-state index contributed by atoms with van der Waals surface area (Å²) in [7, 11) is 1.74. The van der Waals surface area contributed by atoms with Crippen LogP contribution in [0.3, 0.4) is 0 Å². The number of hydrogen-bond acceptors (Lipinski definition) is 2. The van der Waals surface area contributed by atoms with Crippen LogP contribution in [0.25, 0.3) is 0 Å². The molecule has 0 saturated carbocycles. The molecule has 0 saturated heterocycles. The molecular weight excluding hydrogens is 308 g/mol. The summed E-state index contributed by atoms with van der Waals surface area (Å²) in [5.74, 6) is 1.05. The summed E-state index contributed by atoms with van der Waals surface area (Å²) >= 11 is 0. The Bertz CT molecular complexity index is 723. The Kier molecular flexibility index (Phi) is 5.93. The smallest absolute Gasteiger partial charge is 0.0958 e. The van der Waals surface area contributed by atoms with Gasteiger partial charge in [0.2, 0.25) is 0 Å². The van der Waals surface area contributed by atoms with Gasteiger partial charge in [0.15, 0.2) is 0 Å². The third-order valence-electron chi connectivity index (χ3n) is 5.12. The van der Waals surface area contributed by atoms with Crippen molar-refractivity contribution in [2.75, 3.05) is 7.11 Å². The Morgan fingerprint density at radius 2 is 2.04 bits per heavy atom. The first-order valence-electron chi connectivity index (χ1n) is 9.33. The second-order valence-electron chi connectivity index (χ2n) is 6.72. The van der Waals surface area contributed by atoms with Gasteiger partial charge in [-0.05, 0) is 66.0 Å². The summed E-state index contributed by atoms with van der Waals surface area (Å²) in [6.07, 6.45) is 22.7. The lowest BCUT2D eigenvalue weighted by molar-refractivity contribution is 0.225. The molecule has 1 unspecified atom stereocenters. The van der Waals surface area contributed by atoms with Crippen LogP contribution in [-0.4, -0.2) is 18.3 Å². The van der Waals surface area contributed by atoms with Crippen LogP contribution in [0.15, 0.2) is 82.2 Å². The molecule has 3 aliphatic carbocycles. The van der Waals surface area contributed by atoms with Crippen LogP contribution in [-0.2, 0) is 4.74 Å². The van der Waals surface area contributed by atoms with Crippen LogP contribution < -0.4 is 0 Å². The average Bonchev–Trinajstić information content (AvgIpc) is 2.68. The molecule has 1 N–H and O–H groups in total. The number of aliphatic hydroxyl groups is 1. The van der Waals surface area contributed by atoms with Crippen molar-refractivity contribution in [3.63, 3.8) is 0 Å². The second-order valence-corrected chi connectivity index (χ2v) is 6.72. The van der Waals surface area contributed by atoms with E-state index in [1.807, 2.05) is 6.08 Å². The van der Waals surface area contributed by atoms with Gasteiger partial charge in [-0.25, -0.2) is 0 Å². The van der Waals surface area contributed by atoms with Crippen molar-refractivity contribution < 1.29 is 9.84 Å². The number of allylic oxidation sites excluding steroid dienone is 12. The predicted molar refractivity (Wildman–Crippen MR) is 104 cm³/mol. The molecular formula is C23H28O2. The topological polar surface area (TPSA) is 29.5 Å². The lowest BCUT2D eigenvalue weighted by Gasteiger charge is -2.25. The lowest BCUT2D eigenvalue weighted by atomic mass is 9.81. The highest BCUT2D eigenvalue weighted by Crippen LogP contribution is 2.38. The Balaban J connectivity index is 2.09. The van der Waals surface area contributed by atoms with E-state index in [0.29, 0.717) is 6.42 Å². The Morgan fingerprint density at radius 1 is 1.16 bits per heavy atom. The monoisotopic (exact) mass is 336 g/mol. The molecule has 2 heteroatoms. The van der Waals surface area contributed by atoms with Gasteiger partial charge in [-0.2, -0.15) is 0 Å². The second kappa shape index (κ2) is 8.35. The number of hydrogen-bond donors (Lipinski definition) is 1. The van der Waals surface area contributed by atoms with E-state index >= 15 is 0 Å². The molecule has 0 heterocycles. The quantitative estimate of drug-likeness (QED) is 0.721. The molecule has 0 bridgehead atoms. The van der Waals surface area contributed by atoms with E-state index in [9.17, 15) is 5.11 Å². The zero-order chi connectivity index (χ0) is 17.6. The fourth-order valence-corrected chi connectivity index (χ4v) is 3.76. The van der Waals surface area contributed by atoms with Gasteiger partial charge in [0.05, 0.1) is 19.0 Å². The van der Waals surface area contributed by atoms with Gasteiger partial charge in [0.1, 0.15) is 0 Å². The Hall–Kier alpha value is -2.06. The van der Waals surface area contributed by atoms with Crippen molar-refractivity contribution in [1.29, 1.82) is 0 Å². The molecule has 0 spiro atoms. The Labute approximate surface area is 151 Å². The van der Waals surface area contributed by atoms with Gasteiger partial charge in [-0.3, -0.25) is 0 Å². The van der Waals surface area contributed by atoms with E-state index in [1.54, 1.807) is 7.11 Å². The molecule has 0 fully saturated rings. The maximum absolute atomic E-state index is 9.82. The van der Waals surface area contributed by atoms with Gasteiger partial charge >= 0.3 is 0 Å². The van der Waals surface area contributed by atoms with E-state index in [0.717, 1.165) is 37.9 Å². The summed E-state index contributed by atoms with van der Waals surface area (Å²) in [4.78, 5) is 0. The lowest BCUT2D eigenvalue weighted by Crippen LogP contribution is -2.09. The van der Waals surface area contributed by atoms with E-state index in [2.05, 4.69) is 49.5 Å². The maximum Gasteiger partial charge on any atom is 0.0958 e. The van der Waals surface area contributed by atoms with Crippen LogP contribution in [0, 0.1) is 0 Å². The summed E-state index contributed by atoms with van der Waals surface area (Å²) in [5.41, 5.74) is 6.87. The fraction of sp³-hybridized carbons (Fsp3) is 0.391. The van der Waals surface area contributed by atoms with E-state index in [1.165, 1.54) is 27.9 Å². The summed E-state index contributed by atoms with van der Waals surface area (Å²) in [6, 6.07) is 0. The van der Waals surface area contributed by atoms with Crippen LogP contribution in [0.1, 0.15) is 45.4 Å². The molecule has 1 atom stereocenters. The molecule has 0 aromatic carbocycles. The van der Waals surface area contributed by atoms with Gasteiger partial charge in [-0.1, -0.05) is 49.5 Å². The highest BCUT2D eigenvalue weighted by atomic mass is 16.5. The minimum Gasteiger partial charge on any atom is -0.501 e. The van der Waals surface area contributed by atoms with Gasteiger partial charge in [0.25, 0.3) is 0 Å². The summed E-state index contributed by atoms with van der Waals surface area (Å²) < 4.78 is 5.40.